The predicted octanol–water partition coefficient (Wildman–Crippen LogP) is 4.18. The largest absolute Gasteiger partial charge is 0.497 e. The second kappa shape index (κ2) is 7.93. The summed E-state index contributed by atoms with van der Waals surface area (Å²) in [4.78, 5) is 4.56. The van der Waals surface area contributed by atoms with Gasteiger partial charge in [0.1, 0.15) is 5.75 Å². The molecular formula is C19H22ClN3OS. The van der Waals surface area contributed by atoms with Gasteiger partial charge in [-0.25, -0.2) is 0 Å². The third-order valence-corrected chi connectivity index (χ3v) is 5.01. The van der Waals surface area contributed by atoms with Crippen molar-refractivity contribution < 1.29 is 4.74 Å². The number of benzene rings is 2. The van der Waals surface area contributed by atoms with Gasteiger partial charge in [0.15, 0.2) is 5.11 Å². The van der Waals surface area contributed by atoms with E-state index in [1.54, 1.807) is 7.11 Å². The van der Waals surface area contributed by atoms with Gasteiger partial charge in [0.05, 0.1) is 7.11 Å². The molecule has 0 spiro atoms. The van der Waals surface area contributed by atoms with Crippen LogP contribution in [0.25, 0.3) is 0 Å². The van der Waals surface area contributed by atoms with E-state index >= 15 is 0 Å². The smallest absolute Gasteiger partial charge is 0.173 e. The van der Waals surface area contributed by atoms with E-state index in [0.717, 1.165) is 53.3 Å². The summed E-state index contributed by atoms with van der Waals surface area (Å²) in [6.45, 7) is 5.64. The molecule has 0 bridgehead atoms. The average Bonchev–Trinajstić information content (AvgIpc) is 2.64. The zero-order valence-electron chi connectivity index (χ0n) is 14.5. The number of piperazine rings is 1. The van der Waals surface area contributed by atoms with E-state index in [9.17, 15) is 0 Å². The molecule has 0 aromatic heterocycles. The molecule has 0 radical (unpaired) electrons. The van der Waals surface area contributed by atoms with Gasteiger partial charge in [-0.1, -0.05) is 17.7 Å². The molecule has 2 aromatic rings. The van der Waals surface area contributed by atoms with Crippen molar-refractivity contribution in [1.29, 1.82) is 0 Å². The second-order valence-corrected chi connectivity index (χ2v) is 6.89. The Balaban J connectivity index is 1.58. The first-order chi connectivity index (χ1) is 12.1. The minimum absolute atomic E-state index is 0.737. The maximum atomic E-state index is 6.01. The summed E-state index contributed by atoms with van der Waals surface area (Å²) in [5.41, 5.74) is 3.28. The monoisotopic (exact) mass is 375 g/mol. The van der Waals surface area contributed by atoms with Gasteiger partial charge in [-0.3, -0.25) is 0 Å². The fraction of sp³-hybridized carbons (Fsp3) is 0.316. The predicted molar refractivity (Wildman–Crippen MR) is 109 cm³/mol. The number of methoxy groups -OCH3 is 1. The van der Waals surface area contributed by atoms with Crippen LogP contribution in [0.5, 0.6) is 5.75 Å². The Bertz CT molecular complexity index is 760. The van der Waals surface area contributed by atoms with Crippen LogP contribution in [0, 0.1) is 6.92 Å². The van der Waals surface area contributed by atoms with Crippen molar-refractivity contribution in [3.63, 3.8) is 0 Å². The van der Waals surface area contributed by atoms with E-state index in [1.807, 2.05) is 37.3 Å². The zero-order chi connectivity index (χ0) is 17.8. The molecule has 0 aliphatic carbocycles. The lowest BCUT2D eigenvalue weighted by atomic mass is 10.2. The number of rotatable bonds is 3. The van der Waals surface area contributed by atoms with E-state index < -0.39 is 0 Å². The first-order valence-electron chi connectivity index (χ1n) is 8.28. The van der Waals surface area contributed by atoms with Gasteiger partial charge < -0.3 is 19.9 Å². The summed E-state index contributed by atoms with van der Waals surface area (Å²) in [5.74, 6) is 0.885. The number of halogens is 1. The molecule has 0 saturated carbocycles. The van der Waals surface area contributed by atoms with Gasteiger partial charge in [0, 0.05) is 48.6 Å². The lowest BCUT2D eigenvalue weighted by Crippen LogP contribution is -2.50. The standard InChI is InChI=1S/C19H22ClN3OS/c1-14-12-15(20)6-7-18(14)21-19(25)23-10-8-22(9-11-23)16-4-3-5-17(13-16)24-2/h3-7,12-13H,8-11H2,1-2H3,(H,21,25). The van der Waals surface area contributed by atoms with E-state index in [2.05, 4.69) is 27.2 Å². The summed E-state index contributed by atoms with van der Waals surface area (Å²) < 4.78 is 5.31. The lowest BCUT2D eigenvalue weighted by molar-refractivity contribution is 0.389. The van der Waals surface area contributed by atoms with Crippen LogP contribution in [0.15, 0.2) is 42.5 Å². The van der Waals surface area contributed by atoms with Gasteiger partial charge in [-0.2, -0.15) is 0 Å². The summed E-state index contributed by atoms with van der Waals surface area (Å²) >= 11 is 11.6. The molecule has 0 amide bonds. The average molecular weight is 376 g/mol. The molecule has 0 unspecified atom stereocenters. The molecular weight excluding hydrogens is 354 g/mol. The summed E-state index contributed by atoms with van der Waals surface area (Å²) in [6, 6.07) is 14.0. The fourth-order valence-corrected chi connectivity index (χ4v) is 3.46. The van der Waals surface area contributed by atoms with Crippen molar-refractivity contribution in [2.75, 3.05) is 43.5 Å². The molecule has 1 aliphatic heterocycles. The molecule has 1 N–H and O–H groups in total. The van der Waals surface area contributed by atoms with Crippen LogP contribution in [-0.4, -0.2) is 43.3 Å². The number of hydrogen-bond donors (Lipinski definition) is 1. The molecule has 132 valence electrons. The maximum Gasteiger partial charge on any atom is 0.173 e. The Hall–Kier alpha value is -1.98. The molecule has 3 rings (SSSR count). The van der Waals surface area contributed by atoms with E-state index in [4.69, 9.17) is 28.6 Å². The van der Waals surface area contributed by atoms with Crippen molar-refractivity contribution in [3.05, 3.63) is 53.1 Å². The molecule has 25 heavy (non-hydrogen) atoms. The Morgan fingerprint density at radius 1 is 1.12 bits per heavy atom. The zero-order valence-corrected chi connectivity index (χ0v) is 16.0. The second-order valence-electron chi connectivity index (χ2n) is 6.06. The Kier molecular flexibility index (Phi) is 5.66. The molecule has 1 saturated heterocycles. The van der Waals surface area contributed by atoms with Gasteiger partial charge in [0.2, 0.25) is 0 Å². The van der Waals surface area contributed by atoms with Gasteiger partial charge >= 0.3 is 0 Å². The number of nitrogens with one attached hydrogen (secondary N) is 1. The van der Waals surface area contributed by atoms with Crippen LogP contribution in [0.3, 0.4) is 0 Å². The molecule has 4 nitrogen and oxygen atoms in total. The number of hydrogen-bond acceptors (Lipinski definition) is 3. The highest BCUT2D eigenvalue weighted by Gasteiger charge is 2.19. The van der Waals surface area contributed by atoms with Gasteiger partial charge in [-0.15, -0.1) is 0 Å². The number of anilines is 2. The molecule has 1 aliphatic rings. The van der Waals surface area contributed by atoms with E-state index in [-0.39, 0.29) is 0 Å². The molecule has 1 heterocycles. The third kappa shape index (κ3) is 4.35. The van der Waals surface area contributed by atoms with Crippen LogP contribution < -0.4 is 15.0 Å². The summed E-state index contributed by atoms with van der Waals surface area (Å²) in [6.07, 6.45) is 0. The van der Waals surface area contributed by atoms with E-state index in [0.29, 0.717) is 0 Å². The maximum absolute atomic E-state index is 6.01. The topological polar surface area (TPSA) is 27.7 Å². The van der Waals surface area contributed by atoms with Crippen molar-refractivity contribution in [2.45, 2.75) is 6.92 Å². The number of ether oxygens (including phenoxy) is 1. The highest BCUT2D eigenvalue weighted by Crippen LogP contribution is 2.23. The molecule has 0 atom stereocenters. The molecule has 2 aromatic carbocycles. The lowest BCUT2D eigenvalue weighted by Gasteiger charge is -2.37. The summed E-state index contributed by atoms with van der Waals surface area (Å²) in [5, 5.41) is 4.84. The Morgan fingerprint density at radius 3 is 2.56 bits per heavy atom. The van der Waals surface area contributed by atoms with Gasteiger partial charge in [0.25, 0.3) is 0 Å². The van der Waals surface area contributed by atoms with Crippen LogP contribution in [0.4, 0.5) is 11.4 Å². The van der Waals surface area contributed by atoms with Crippen molar-refractivity contribution in [2.24, 2.45) is 0 Å². The Labute approximate surface area is 159 Å². The quantitative estimate of drug-likeness (QED) is 0.812. The van der Waals surface area contributed by atoms with Gasteiger partial charge in [-0.05, 0) is 55.0 Å². The minimum atomic E-state index is 0.737. The third-order valence-electron chi connectivity index (χ3n) is 4.42. The highest BCUT2D eigenvalue weighted by atomic mass is 35.5. The van der Waals surface area contributed by atoms with Crippen molar-refractivity contribution in [1.82, 2.24) is 4.90 Å². The van der Waals surface area contributed by atoms with Crippen molar-refractivity contribution >= 4 is 40.3 Å². The number of aryl methyl sites for hydroxylation is 1. The minimum Gasteiger partial charge on any atom is -0.497 e. The SMILES string of the molecule is COc1cccc(N2CCN(C(=S)Nc3ccc(Cl)cc3C)CC2)c1. The first kappa shape index (κ1) is 17.8. The molecule has 1 fully saturated rings. The molecule has 6 heteroatoms. The van der Waals surface area contributed by atoms with E-state index in [1.165, 1.54) is 5.69 Å². The Morgan fingerprint density at radius 2 is 1.88 bits per heavy atom. The first-order valence-corrected chi connectivity index (χ1v) is 9.06. The van der Waals surface area contributed by atoms with Crippen LogP contribution in [-0.2, 0) is 0 Å². The number of thiocarbonyl (C=S) groups is 1. The normalized spacial score (nSPS) is 14.4. The number of nitrogens with zero attached hydrogens (tertiary/aromatic N) is 2. The van der Waals surface area contributed by atoms with Crippen LogP contribution >= 0.6 is 23.8 Å². The summed E-state index contributed by atoms with van der Waals surface area (Å²) in [7, 11) is 1.69. The fourth-order valence-electron chi connectivity index (χ4n) is 2.94. The van der Waals surface area contributed by atoms with Crippen molar-refractivity contribution in [3.8, 4) is 5.75 Å². The highest BCUT2D eigenvalue weighted by molar-refractivity contribution is 7.80. The van der Waals surface area contributed by atoms with Crippen LogP contribution in [0.2, 0.25) is 5.02 Å². The van der Waals surface area contributed by atoms with Crippen LogP contribution in [0.1, 0.15) is 5.56 Å².